The molecule has 0 unspecified atom stereocenters. The van der Waals surface area contributed by atoms with E-state index >= 15 is 0 Å². The van der Waals surface area contributed by atoms with Crippen LogP contribution in [0.3, 0.4) is 0 Å². The minimum Gasteiger partial charge on any atom is -0.468 e. The van der Waals surface area contributed by atoms with Gasteiger partial charge in [0.1, 0.15) is 5.76 Å². The van der Waals surface area contributed by atoms with Gasteiger partial charge >= 0.3 is 0 Å². The van der Waals surface area contributed by atoms with Crippen molar-refractivity contribution in [2.75, 3.05) is 13.1 Å². The lowest BCUT2D eigenvalue weighted by Crippen LogP contribution is -2.39. The van der Waals surface area contributed by atoms with E-state index in [0.29, 0.717) is 6.54 Å². The third-order valence-electron chi connectivity index (χ3n) is 4.21. The molecule has 0 bridgehead atoms. The van der Waals surface area contributed by atoms with Gasteiger partial charge in [-0.2, -0.15) is 5.10 Å². The van der Waals surface area contributed by atoms with Crippen LogP contribution >= 0.6 is 0 Å². The molecule has 0 radical (unpaired) electrons. The predicted molar refractivity (Wildman–Crippen MR) is 86.6 cm³/mol. The third kappa shape index (κ3) is 3.82. The summed E-state index contributed by atoms with van der Waals surface area (Å²) in [5.41, 5.74) is 1.21. The Morgan fingerprint density at radius 1 is 1.48 bits per heavy atom. The normalized spacial score (nSPS) is 18.1. The molecule has 23 heavy (non-hydrogen) atoms. The number of nitrogens with zero attached hydrogens (tertiary/aromatic N) is 3. The van der Waals surface area contributed by atoms with Gasteiger partial charge in [-0.15, -0.1) is 0 Å². The second kappa shape index (κ2) is 7.00. The highest BCUT2D eigenvalue weighted by molar-refractivity contribution is 5.77. The summed E-state index contributed by atoms with van der Waals surface area (Å²) < 4.78 is 7.56. The first-order valence-corrected chi connectivity index (χ1v) is 8.18. The van der Waals surface area contributed by atoms with Gasteiger partial charge < -0.3 is 9.73 Å². The number of carbonyl (C=O) groups excluding carboxylic acids is 1. The SMILES string of the molecule is CC(C)C(=O)NCC[C@@H]1CN(Cc2ccco2)Cc2ccnn21. The molecule has 0 saturated carbocycles. The molecule has 1 amide bonds. The first-order valence-electron chi connectivity index (χ1n) is 8.18. The van der Waals surface area contributed by atoms with Gasteiger partial charge in [-0.1, -0.05) is 13.8 Å². The highest BCUT2D eigenvalue weighted by atomic mass is 16.3. The Kier molecular flexibility index (Phi) is 4.81. The first-order chi connectivity index (χ1) is 11.1. The van der Waals surface area contributed by atoms with E-state index in [1.54, 1.807) is 6.26 Å². The summed E-state index contributed by atoms with van der Waals surface area (Å²) in [5, 5.41) is 7.45. The molecule has 0 fully saturated rings. The van der Waals surface area contributed by atoms with Crippen molar-refractivity contribution < 1.29 is 9.21 Å². The summed E-state index contributed by atoms with van der Waals surface area (Å²) in [6, 6.07) is 6.26. The summed E-state index contributed by atoms with van der Waals surface area (Å²) in [4.78, 5) is 14.1. The van der Waals surface area contributed by atoms with Crippen molar-refractivity contribution in [1.82, 2.24) is 20.0 Å². The van der Waals surface area contributed by atoms with E-state index in [2.05, 4.69) is 26.1 Å². The molecule has 1 aliphatic rings. The summed E-state index contributed by atoms with van der Waals surface area (Å²) in [6.07, 6.45) is 4.44. The van der Waals surface area contributed by atoms with Crippen molar-refractivity contribution in [2.24, 2.45) is 5.92 Å². The molecule has 124 valence electrons. The summed E-state index contributed by atoms with van der Waals surface area (Å²) in [6.45, 7) is 7.07. The van der Waals surface area contributed by atoms with Crippen LogP contribution in [-0.2, 0) is 17.9 Å². The van der Waals surface area contributed by atoms with Crippen LogP contribution in [0.5, 0.6) is 0 Å². The van der Waals surface area contributed by atoms with E-state index < -0.39 is 0 Å². The van der Waals surface area contributed by atoms with Gasteiger partial charge in [0.05, 0.1) is 24.5 Å². The lowest BCUT2D eigenvalue weighted by atomic mass is 10.1. The molecule has 1 atom stereocenters. The fourth-order valence-electron chi connectivity index (χ4n) is 2.99. The van der Waals surface area contributed by atoms with Crippen molar-refractivity contribution >= 4 is 5.91 Å². The van der Waals surface area contributed by atoms with Gasteiger partial charge in [-0.05, 0) is 24.6 Å². The summed E-state index contributed by atoms with van der Waals surface area (Å²) in [7, 11) is 0. The number of carbonyl (C=O) groups is 1. The number of hydrogen-bond donors (Lipinski definition) is 1. The first kappa shape index (κ1) is 15.8. The Morgan fingerprint density at radius 2 is 2.35 bits per heavy atom. The molecule has 0 aromatic carbocycles. The van der Waals surface area contributed by atoms with E-state index in [1.807, 2.05) is 32.2 Å². The van der Waals surface area contributed by atoms with Crippen molar-refractivity contribution in [3.05, 3.63) is 42.1 Å². The van der Waals surface area contributed by atoms with Crippen LogP contribution in [0.4, 0.5) is 0 Å². The molecule has 1 aliphatic heterocycles. The third-order valence-corrected chi connectivity index (χ3v) is 4.21. The number of hydrogen-bond acceptors (Lipinski definition) is 4. The predicted octanol–water partition coefficient (Wildman–Crippen LogP) is 2.20. The molecule has 6 nitrogen and oxygen atoms in total. The quantitative estimate of drug-likeness (QED) is 0.887. The van der Waals surface area contributed by atoms with Crippen LogP contribution < -0.4 is 5.32 Å². The van der Waals surface area contributed by atoms with Gasteiger partial charge in [-0.25, -0.2) is 0 Å². The van der Waals surface area contributed by atoms with Gasteiger partial charge in [0.15, 0.2) is 0 Å². The number of fused-ring (bicyclic) bond motifs is 1. The summed E-state index contributed by atoms with van der Waals surface area (Å²) >= 11 is 0. The largest absolute Gasteiger partial charge is 0.468 e. The second-order valence-corrected chi connectivity index (χ2v) is 6.40. The molecule has 0 aliphatic carbocycles. The van der Waals surface area contributed by atoms with Crippen LogP contribution in [0.25, 0.3) is 0 Å². The molecular weight excluding hydrogens is 292 g/mol. The molecule has 6 heteroatoms. The maximum atomic E-state index is 11.7. The standard InChI is InChI=1S/C17H24N4O2/c1-13(2)17(22)18-7-5-14-10-20(12-16-4-3-9-23-16)11-15-6-8-19-21(14)15/h3-4,6,8-9,13-14H,5,7,10-12H2,1-2H3,(H,18,22)/t14-/m1/s1. The molecule has 3 rings (SSSR count). The smallest absolute Gasteiger partial charge is 0.222 e. The van der Waals surface area contributed by atoms with E-state index in [1.165, 1.54) is 5.69 Å². The zero-order valence-electron chi connectivity index (χ0n) is 13.7. The maximum absolute atomic E-state index is 11.7. The second-order valence-electron chi connectivity index (χ2n) is 6.40. The molecule has 2 aromatic heterocycles. The number of aromatic nitrogens is 2. The van der Waals surface area contributed by atoms with Crippen LogP contribution in [0.1, 0.15) is 37.8 Å². The average molecular weight is 316 g/mol. The topological polar surface area (TPSA) is 63.3 Å². The Hall–Kier alpha value is -2.08. The minimum absolute atomic E-state index is 0.0251. The zero-order chi connectivity index (χ0) is 16.2. The van der Waals surface area contributed by atoms with Crippen molar-refractivity contribution in [2.45, 2.75) is 39.4 Å². The molecule has 0 spiro atoms. The molecule has 0 saturated heterocycles. The van der Waals surface area contributed by atoms with Crippen molar-refractivity contribution in [1.29, 1.82) is 0 Å². The number of furan rings is 1. The van der Waals surface area contributed by atoms with Crippen LogP contribution in [0, 0.1) is 5.92 Å². The highest BCUT2D eigenvalue weighted by Gasteiger charge is 2.25. The highest BCUT2D eigenvalue weighted by Crippen LogP contribution is 2.24. The Balaban J connectivity index is 1.61. The van der Waals surface area contributed by atoms with Crippen molar-refractivity contribution in [3.8, 4) is 0 Å². The van der Waals surface area contributed by atoms with Crippen LogP contribution in [0.2, 0.25) is 0 Å². The lowest BCUT2D eigenvalue weighted by molar-refractivity contribution is -0.124. The molecule has 2 aromatic rings. The number of nitrogens with one attached hydrogen (secondary N) is 1. The molecular formula is C17H24N4O2. The Labute approximate surface area is 136 Å². The monoisotopic (exact) mass is 316 g/mol. The van der Waals surface area contributed by atoms with E-state index in [-0.39, 0.29) is 17.9 Å². The van der Waals surface area contributed by atoms with Gasteiger partial charge in [-0.3, -0.25) is 14.4 Å². The van der Waals surface area contributed by atoms with Gasteiger partial charge in [0, 0.05) is 31.7 Å². The van der Waals surface area contributed by atoms with E-state index in [0.717, 1.165) is 31.8 Å². The molecule has 3 heterocycles. The fourth-order valence-corrected chi connectivity index (χ4v) is 2.99. The Bertz CT molecular complexity index is 633. The average Bonchev–Trinajstić information content (AvgIpc) is 3.18. The Morgan fingerprint density at radius 3 is 3.09 bits per heavy atom. The van der Waals surface area contributed by atoms with Crippen LogP contribution in [0.15, 0.2) is 35.1 Å². The minimum atomic E-state index is 0.0251. The fraction of sp³-hybridized carbons (Fsp3) is 0.529. The van der Waals surface area contributed by atoms with E-state index in [9.17, 15) is 4.79 Å². The lowest BCUT2D eigenvalue weighted by Gasteiger charge is -2.33. The maximum Gasteiger partial charge on any atom is 0.222 e. The molecule has 1 N–H and O–H groups in total. The zero-order valence-corrected chi connectivity index (χ0v) is 13.7. The van der Waals surface area contributed by atoms with Crippen LogP contribution in [-0.4, -0.2) is 33.7 Å². The number of rotatable bonds is 6. The van der Waals surface area contributed by atoms with Gasteiger partial charge in [0.2, 0.25) is 5.91 Å². The van der Waals surface area contributed by atoms with Gasteiger partial charge in [0.25, 0.3) is 0 Å². The number of amides is 1. The van der Waals surface area contributed by atoms with E-state index in [4.69, 9.17) is 4.42 Å². The summed E-state index contributed by atoms with van der Waals surface area (Å²) in [5.74, 6) is 1.11. The van der Waals surface area contributed by atoms with Crippen molar-refractivity contribution in [3.63, 3.8) is 0 Å².